The average molecular weight is 121 g/mol. The second kappa shape index (κ2) is 1.59. The van der Waals surface area contributed by atoms with Crippen LogP contribution in [-0.2, 0) is 7.05 Å². The summed E-state index contributed by atoms with van der Waals surface area (Å²) in [6, 6.07) is 0. The highest BCUT2D eigenvalue weighted by Gasteiger charge is 2.26. The van der Waals surface area contributed by atoms with Gasteiger partial charge in [0.1, 0.15) is 12.0 Å². The van der Waals surface area contributed by atoms with Gasteiger partial charge in [-0.3, -0.25) is 0 Å². The molecule has 2 nitrogen and oxygen atoms in total. The minimum absolute atomic E-state index is 0.751. The van der Waals surface area contributed by atoms with Gasteiger partial charge in [-0.25, -0.2) is 4.98 Å². The van der Waals surface area contributed by atoms with Crippen molar-refractivity contribution >= 4 is 0 Å². The molecular formula is C7H9N2. The SMILES string of the molecule is Cn1c[c]nc1C1CC1. The molecule has 1 fully saturated rings. The fourth-order valence-corrected chi connectivity index (χ4v) is 1.05. The quantitative estimate of drug-likeness (QED) is 0.544. The fourth-order valence-electron chi connectivity index (χ4n) is 1.05. The van der Waals surface area contributed by atoms with Gasteiger partial charge in [0.25, 0.3) is 0 Å². The summed E-state index contributed by atoms with van der Waals surface area (Å²) in [5, 5.41) is 0. The molecule has 2 rings (SSSR count). The predicted molar refractivity (Wildman–Crippen MR) is 34.0 cm³/mol. The van der Waals surface area contributed by atoms with Crippen molar-refractivity contribution in [3.8, 4) is 0 Å². The summed E-state index contributed by atoms with van der Waals surface area (Å²) in [6.07, 6.45) is 7.35. The van der Waals surface area contributed by atoms with Crippen LogP contribution in [0.25, 0.3) is 0 Å². The smallest absolute Gasteiger partial charge is 0.112 e. The fraction of sp³-hybridized carbons (Fsp3) is 0.571. The molecule has 47 valence electrons. The van der Waals surface area contributed by atoms with Gasteiger partial charge in [-0.2, -0.15) is 0 Å². The van der Waals surface area contributed by atoms with E-state index in [0.29, 0.717) is 0 Å². The normalized spacial score (nSPS) is 18.3. The van der Waals surface area contributed by atoms with Crippen molar-refractivity contribution < 1.29 is 0 Å². The van der Waals surface area contributed by atoms with Crippen LogP contribution in [-0.4, -0.2) is 9.55 Å². The van der Waals surface area contributed by atoms with Crippen LogP contribution in [0.4, 0.5) is 0 Å². The van der Waals surface area contributed by atoms with Crippen molar-refractivity contribution in [2.75, 3.05) is 0 Å². The lowest BCUT2D eigenvalue weighted by molar-refractivity contribution is 0.799. The number of rotatable bonds is 1. The van der Waals surface area contributed by atoms with E-state index >= 15 is 0 Å². The summed E-state index contributed by atoms with van der Waals surface area (Å²) in [7, 11) is 2.02. The van der Waals surface area contributed by atoms with E-state index in [4.69, 9.17) is 0 Å². The van der Waals surface area contributed by atoms with Crippen LogP contribution in [0.3, 0.4) is 0 Å². The molecule has 0 amide bonds. The second-order valence-electron chi connectivity index (χ2n) is 2.61. The van der Waals surface area contributed by atoms with Gasteiger partial charge in [-0.1, -0.05) is 0 Å². The number of imidazole rings is 1. The average Bonchev–Trinajstić information content (AvgIpc) is 2.58. The van der Waals surface area contributed by atoms with Crippen LogP contribution in [0, 0.1) is 6.20 Å². The largest absolute Gasteiger partial charge is 0.337 e. The lowest BCUT2D eigenvalue weighted by atomic mass is 10.4. The molecule has 1 aromatic heterocycles. The molecule has 0 N–H and O–H groups in total. The molecule has 0 aliphatic heterocycles. The van der Waals surface area contributed by atoms with Crippen molar-refractivity contribution in [2.24, 2.45) is 7.05 Å². The van der Waals surface area contributed by atoms with Crippen LogP contribution >= 0.6 is 0 Å². The van der Waals surface area contributed by atoms with E-state index < -0.39 is 0 Å². The molecule has 0 aromatic carbocycles. The third kappa shape index (κ3) is 0.745. The standard InChI is InChI=1S/C7H9N2/c1-9-5-4-8-7(9)6-2-3-6/h5-6H,2-3H2,1H3. The van der Waals surface area contributed by atoms with E-state index in [1.807, 2.05) is 13.2 Å². The van der Waals surface area contributed by atoms with Crippen molar-refractivity contribution in [3.05, 3.63) is 18.2 Å². The molecule has 0 spiro atoms. The minimum atomic E-state index is 0.751. The molecule has 0 saturated heterocycles. The maximum atomic E-state index is 4.12. The summed E-state index contributed by atoms with van der Waals surface area (Å²) in [5.41, 5.74) is 0. The first-order valence-electron chi connectivity index (χ1n) is 3.27. The zero-order valence-corrected chi connectivity index (χ0v) is 5.46. The molecule has 1 aliphatic carbocycles. The number of aromatic nitrogens is 2. The van der Waals surface area contributed by atoms with Gasteiger partial charge in [-0.05, 0) is 12.8 Å². The van der Waals surface area contributed by atoms with Crippen LogP contribution in [0.15, 0.2) is 6.20 Å². The van der Waals surface area contributed by atoms with Gasteiger partial charge in [0.2, 0.25) is 0 Å². The van der Waals surface area contributed by atoms with E-state index in [2.05, 4.69) is 15.7 Å². The highest BCUT2D eigenvalue weighted by Crippen LogP contribution is 2.38. The van der Waals surface area contributed by atoms with Gasteiger partial charge in [-0.15, -0.1) is 0 Å². The number of hydrogen-bond acceptors (Lipinski definition) is 1. The first-order valence-corrected chi connectivity index (χ1v) is 3.27. The highest BCUT2D eigenvalue weighted by atomic mass is 15.0. The molecule has 0 bridgehead atoms. The van der Waals surface area contributed by atoms with Crippen LogP contribution in [0.1, 0.15) is 24.6 Å². The Morgan fingerprint density at radius 2 is 2.56 bits per heavy atom. The number of aryl methyl sites for hydroxylation is 1. The Hall–Kier alpha value is -0.790. The van der Waals surface area contributed by atoms with Gasteiger partial charge >= 0.3 is 0 Å². The Labute approximate surface area is 54.5 Å². The Balaban J connectivity index is 2.35. The van der Waals surface area contributed by atoms with Crippen LogP contribution in [0.5, 0.6) is 0 Å². The maximum absolute atomic E-state index is 4.12. The summed E-state index contributed by atoms with van der Waals surface area (Å²) in [4.78, 5) is 4.12. The topological polar surface area (TPSA) is 17.8 Å². The third-order valence-corrected chi connectivity index (χ3v) is 1.73. The van der Waals surface area contributed by atoms with Crippen molar-refractivity contribution in [1.29, 1.82) is 0 Å². The first kappa shape index (κ1) is 5.03. The van der Waals surface area contributed by atoms with Gasteiger partial charge in [0.15, 0.2) is 0 Å². The lowest BCUT2D eigenvalue weighted by Gasteiger charge is -1.94. The zero-order valence-electron chi connectivity index (χ0n) is 5.46. The van der Waals surface area contributed by atoms with Gasteiger partial charge in [0.05, 0.1) is 0 Å². The Morgan fingerprint density at radius 3 is 3.00 bits per heavy atom. The molecule has 1 radical (unpaired) electrons. The van der Waals surface area contributed by atoms with Crippen molar-refractivity contribution in [3.63, 3.8) is 0 Å². The van der Waals surface area contributed by atoms with E-state index in [1.54, 1.807) is 0 Å². The van der Waals surface area contributed by atoms with E-state index in [9.17, 15) is 0 Å². The molecule has 1 heterocycles. The monoisotopic (exact) mass is 121 g/mol. The molecule has 1 saturated carbocycles. The minimum Gasteiger partial charge on any atom is -0.337 e. The first-order chi connectivity index (χ1) is 4.38. The molecule has 2 heteroatoms. The Morgan fingerprint density at radius 1 is 1.78 bits per heavy atom. The van der Waals surface area contributed by atoms with Gasteiger partial charge in [0, 0.05) is 19.2 Å². The summed E-state index contributed by atoms with van der Waals surface area (Å²) in [5.74, 6) is 1.95. The van der Waals surface area contributed by atoms with E-state index in [-0.39, 0.29) is 0 Å². The number of nitrogens with zero attached hydrogens (tertiary/aromatic N) is 2. The summed E-state index contributed by atoms with van der Waals surface area (Å²) >= 11 is 0. The molecule has 0 unspecified atom stereocenters. The van der Waals surface area contributed by atoms with Crippen LogP contribution in [0.2, 0.25) is 0 Å². The third-order valence-electron chi connectivity index (χ3n) is 1.73. The summed E-state index contributed by atoms with van der Waals surface area (Å²) < 4.78 is 2.05. The molecule has 1 aromatic rings. The van der Waals surface area contributed by atoms with Crippen molar-refractivity contribution in [1.82, 2.24) is 9.55 Å². The van der Waals surface area contributed by atoms with E-state index in [1.165, 1.54) is 18.7 Å². The molecule has 1 aliphatic rings. The lowest BCUT2D eigenvalue weighted by Crippen LogP contribution is -1.92. The maximum Gasteiger partial charge on any atom is 0.112 e. The molecule has 0 atom stereocenters. The Kier molecular flexibility index (Phi) is 0.891. The van der Waals surface area contributed by atoms with E-state index in [0.717, 1.165) is 5.92 Å². The van der Waals surface area contributed by atoms with Gasteiger partial charge < -0.3 is 4.57 Å². The highest BCUT2D eigenvalue weighted by molar-refractivity contribution is 5.05. The Bertz CT molecular complexity index is 210. The molecule has 9 heavy (non-hydrogen) atoms. The number of hydrogen-bond donors (Lipinski definition) is 0. The van der Waals surface area contributed by atoms with Crippen LogP contribution < -0.4 is 0 Å². The predicted octanol–water partition coefficient (Wildman–Crippen LogP) is 1.10. The summed E-state index contributed by atoms with van der Waals surface area (Å²) in [6.45, 7) is 0. The molecular weight excluding hydrogens is 112 g/mol. The zero-order chi connectivity index (χ0) is 6.27. The van der Waals surface area contributed by atoms with Crippen molar-refractivity contribution in [2.45, 2.75) is 18.8 Å². The second-order valence-corrected chi connectivity index (χ2v) is 2.61.